The average Bonchev–Trinajstić information content (AvgIpc) is 2.46. The minimum absolute atomic E-state index is 0.230. The molecule has 0 saturated carbocycles. The number of aromatic nitrogens is 1. The lowest BCUT2D eigenvalue weighted by molar-refractivity contribution is 0.0240. The predicted molar refractivity (Wildman–Crippen MR) is 91.8 cm³/mol. The number of hydrogen-bond acceptors (Lipinski definition) is 5. The molecule has 23 heavy (non-hydrogen) atoms. The van der Waals surface area contributed by atoms with Gasteiger partial charge in [0, 0.05) is 38.9 Å². The maximum atomic E-state index is 12.1. The highest BCUT2D eigenvalue weighted by Crippen LogP contribution is 2.20. The molecule has 0 spiro atoms. The Hall–Kier alpha value is -1.82. The molecule has 1 aliphatic rings. The highest BCUT2D eigenvalue weighted by Gasteiger charge is 2.26. The van der Waals surface area contributed by atoms with Crippen LogP contribution in [-0.4, -0.2) is 54.8 Å². The van der Waals surface area contributed by atoms with E-state index in [2.05, 4.69) is 28.2 Å². The van der Waals surface area contributed by atoms with Crippen LogP contribution < -0.4 is 10.2 Å². The quantitative estimate of drug-likeness (QED) is 0.925. The molecule has 128 valence electrons. The van der Waals surface area contributed by atoms with Crippen LogP contribution in [0.15, 0.2) is 12.3 Å². The molecule has 1 aromatic heterocycles. The van der Waals surface area contributed by atoms with Gasteiger partial charge in [0.2, 0.25) is 0 Å². The van der Waals surface area contributed by atoms with Crippen LogP contribution in [0.1, 0.15) is 31.9 Å². The van der Waals surface area contributed by atoms with Crippen molar-refractivity contribution in [3.05, 3.63) is 23.4 Å². The van der Waals surface area contributed by atoms with Gasteiger partial charge >= 0.3 is 6.09 Å². The van der Waals surface area contributed by atoms with Crippen LogP contribution in [0.2, 0.25) is 0 Å². The normalized spacial score (nSPS) is 15.7. The van der Waals surface area contributed by atoms with Gasteiger partial charge in [0.15, 0.2) is 0 Å². The number of rotatable bonds is 3. The summed E-state index contributed by atoms with van der Waals surface area (Å²) in [5.41, 5.74) is 1.90. The summed E-state index contributed by atoms with van der Waals surface area (Å²) < 4.78 is 5.43. The first-order chi connectivity index (χ1) is 10.8. The molecule has 0 aromatic carbocycles. The summed E-state index contributed by atoms with van der Waals surface area (Å²) in [6.07, 6.45) is 1.69. The summed E-state index contributed by atoms with van der Waals surface area (Å²) in [4.78, 5) is 20.7. The molecule has 1 N–H and O–H groups in total. The van der Waals surface area contributed by atoms with Crippen LogP contribution in [-0.2, 0) is 11.3 Å². The van der Waals surface area contributed by atoms with E-state index >= 15 is 0 Å². The summed E-state index contributed by atoms with van der Waals surface area (Å²) in [6, 6.07) is 2.17. The number of nitrogens with zero attached hydrogens (tertiary/aromatic N) is 3. The SMILES string of the molecule is CNCc1cnc(N2CCN(C(=O)OC(C)(C)C)CC2)c(C)c1. The fraction of sp³-hybridized carbons (Fsp3) is 0.647. The lowest BCUT2D eigenvalue weighted by Gasteiger charge is -2.36. The molecule has 0 unspecified atom stereocenters. The zero-order valence-electron chi connectivity index (χ0n) is 14.8. The molecule has 1 saturated heterocycles. The Morgan fingerprint density at radius 3 is 2.48 bits per heavy atom. The predicted octanol–water partition coefficient (Wildman–Crippen LogP) is 2.17. The van der Waals surface area contributed by atoms with Crippen LogP contribution in [0.25, 0.3) is 0 Å². The Balaban J connectivity index is 1.95. The third-order valence-corrected chi connectivity index (χ3v) is 3.72. The Morgan fingerprint density at radius 1 is 1.30 bits per heavy atom. The van der Waals surface area contributed by atoms with Gasteiger partial charge < -0.3 is 19.9 Å². The molecule has 2 rings (SSSR count). The van der Waals surface area contributed by atoms with Gasteiger partial charge in [0.25, 0.3) is 0 Å². The summed E-state index contributed by atoms with van der Waals surface area (Å²) in [6.45, 7) is 11.4. The van der Waals surface area contributed by atoms with Crippen molar-refractivity contribution < 1.29 is 9.53 Å². The number of anilines is 1. The summed E-state index contributed by atoms with van der Waals surface area (Å²) in [5.74, 6) is 1.01. The van der Waals surface area contributed by atoms with Gasteiger partial charge in [-0.05, 0) is 51.9 Å². The minimum Gasteiger partial charge on any atom is -0.444 e. The number of aryl methyl sites for hydroxylation is 1. The minimum atomic E-state index is -0.449. The number of carbonyl (C=O) groups excluding carboxylic acids is 1. The Morgan fingerprint density at radius 2 is 1.96 bits per heavy atom. The Kier molecular flexibility index (Phi) is 5.46. The maximum Gasteiger partial charge on any atom is 0.410 e. The second-order valence-electron chi connectivity index (χ2n) is 6.97. The van der Waals surface area contributed by atoms with E-state index in [4.69, 9.17) is 4.74 Å². The average molecular weight is 320 g/mol. The second kappa shape index (κ2) is 7.17. The lowest BCUT2D eigenvalue weighted by Crippen LogP contribution is -2.50. The molecule has 2 heterocycles. The standard InChI is InChI=1S/C17H28N4O2/c1-13-10-14(11-18-5)12-19-15(13)20-6-8-21(9-7-20)16(22)23-17(2,3)4/h10,12,18H,6-9,11H2,1-5H3. The molecule has 1 fully saturated rings. The van der Waals surface area contributed by atoms with Crippen LogP contribution >= 0.6 is 0 Å². The number of piperazine rings is 1. The molecule has 1 amide bonds. The van der Waals surface area contributed by atoms with Crippen LogP contribution in [0.5, 0.6) is 0 Å². The van der Waals surface area contributed by atoms with Gasteiger partial charge in [-0.25, -0.2) is 9.78 Å². The highest BCUT2D eigenvalue weighted by molar-refractivity contribution is 5.68. The zero-order chi connectivity index (χ0) is 17.0. The van der Waals surface area contributed by atoms with Crippen molar-refractivity contribution in [1.29, 1.82) is 0 Å². The van der Waals surface area contributed by atoms with E-state index in [-0.39, 0.29) is 6.09 Å². The van der Waals surface area contributed by atoms with Crippen molar-refractivity contribution in [3.8, 4) is 0 Å². The van der Waals surface area contributed by atoms with Gasteiger partial charge in [-0.15, -0.1) is 0 Å². The van der Waals surface area contributed by atoms with E-state index in [1.54, 1.807) is 4.90 Å². The van der Waals surface area contributed by atoms with Gasteiger partial charge in [-0.3, -0.25) is 0 Å². The van der Waals surface area contributed by atoms with E-state index in [9.17, 15) is 4.79 Å². The van der Waals surface area contributed by atoms with E-state index in [0.717, 1.165) is 25.5 Å². The van der Waals surface area contributed by atoms with Gasteiger partial charge in [0.05, 0.1) is 0 Å². The fourth-order valence-electron chi connectivity index (χ4n) is 2.68. The lowest BCUT2D eigenvalue weighted by atomic mass is 10.2. The number of ether oxygens (including phenoxy) is 1. The Bertz CT molecular complexity index is 546. The smallest absolute Gasteiger partial charge is 0.410 e. The van der Waals surface area contributed by atoms with Crippen molar-refractivity contribution in [1.82, 2.24) is 15.2 Å². The van der Waals surface area contributed by atoms with Crippen molar-refractivity contribution in [2.24, 2.45) is 0 Å². The molecular formula is C17H28N4O2. The van der Waals surface area contributed by atoms with E-state index < -0.39 is 5.60 Å². The highest BCUT2D eigenvalue weighted by atomic mass is 16.6. The van der Waals surface area contributed by atoms with Crippen molar-refractivity contribution in [2.45, 2.75) is 39.8 Å². The van der Waals surface area contributed by atoms with Gasteiger partial charge in [-0.1, -0.05) is 0 Å². The first-order valence-electron chi connectivity index (χ1n) is 8.13. The van der Waals surface area contributed by atoms with Crippen molar-refractivity contribution in [3.63, 3.8) is 0 Å². The van der Waals surface area contributed by atoms with E-state index in [1.807, 2.05) is 34.0 Å². The molecule has 0 aliphatic carbocycles. The molecule has 1 aliphatic heterocycles. The number of nitrogens with one attached hydrogen (secondary N) is 1. The summed E-state index contributed by atoms with van der Waals surface area (Å²) >= 11 is 0. The maximum absolute atomic E-state index is 12.1. The van der Waals surface area contributed by atoms with Crippen LogP contribution in [0, 0.1) is 6.92 Å². The summed E-state index contributed by atoms with van der Waals surface area (Å²) in [5, 5.41) is 3.14. The zero-order valence-corrected chi connectivity index (χ0v) is 14.8. The number of amides is 1. The van der Waals surface area contributed by atoms with Crippen LogP contribution in [0.3, 0.4) is 0 Å². The third kappa shape index (κ3) is 4.82. The number of pyridine rings is 1. The second-order valence-corrected chi connectivity index (χ2v) is 6.97. The third-order valence-electron chi connectivity index (χ3n) is 3.72. The van der Waals surface area contributed by atoms with Gasteiger partial charge in [-0.2, -0.15) is 0 Å². The summed E-state index contributed by atoms with van der Waals surface area (Å²) in [7, 11) is 1.93. The van der Waals surface area contributed by atoms with Crippen molar-refractivity contribution >= 4 is 11.9 Å². The fourth-order valence-corrected chi connectivity index (χ4v) is 2.68. The number of carbonyl (C=O) groups is 1. The molecule has 6 nitrogen and oxygen atoms in total. The molecule has 1 aromatic rings. The monoisotopic (exact) mass is 320 g/mol. The molecule has 0 atom stereocenters. The van der Waals surface area contributed by atoms with Crippen LogP contribution in [0.4, 0.5) is 10.6 Å². The van der Waals surface area contributed by atoms with E-state index in [0.29, 0.717) is 13.1 Å². The molecule has 0 bridgehead atoms. The first-order valence-corrected chi connectivity index (χ1v) is 8.13. The number of hydrogen-bond donors (Lipinski definition) is 1. The van der Waals surface area contributed by atoms with Gasteiger partial charge in [0.1, 0.15) is 11.4 Å². The molecular weight excluding hydrogens is 292 g/mol. The van der Waals surface area contributed by atoms with Crippen molar-refractivity contribution in [2.75, 3.05) is 38.1 Å². The largest absolute Gasteiger partial charge is 0.444 e. The molecule has 6 heteroatoms. The Labute approximate surface area is 138 Å². The topological polar surface area (TPSA) is 57.7 Å². The molecule has 0 radical (unpaired) electrons. The van der Waals surface area contributed by atoms with E-state index in [1.165, 1.54) is 11.1 Å². The first kappa shape index (κ1) is 17.5.